The van der Waals surface area contributed by atoms with E-state index in [0.29, 0.717) is 19.2 Å². The third-order valence-corrected chi connectivity index (χ3v) is 3.40. The summed E-state index contributed by atoms with van der Waals surface area (Å²) in [4.78, 5) is 12.1. The van der Waals surface area contributed by atoms with Gasteiger partial charge in [-0.25, -0.2) is 0 Å². The van der Waals surface area contributed by atoms with Crippen LogP contribution in [0.25, 0.3) is 0 Å². The number of alkyl halides is 3. The van der Waals surface area contributed by atoms with E-state index in [0.717, 1.165) is 6.07 Å². The van der Waals surface area contributed by atoms with E-state index in [1.807, 2.05) is 13.8 Å². The van der Waals surface area contributed by atoms with E-state index >= 15 is 0 Å². The van der Waals surface area contributed by atoms with Crippen LogP contribution in [-0.2, 0) is 6.18 Å². The normalized spacial score (nSPS) is 23.2. The van der Waals surface area contributed by atoms with Crippen LogP contribution in [0, 0.1) is 10.1 Å². The molecule has 0 aliphatic carbocycles. The van der Waals surface area contributed by atoms with Gasteiger partial charge in [0.05, 0.1) is 10.5 Å². The van der Waals surface area contributed by atoms with E-state index in [9.17, 15) is 23.3 Å². The maximum atomic E-state index is 12.7. The minimum absolute atomic E-state index is 0.107. The lowest BCUT2D eigenvalue weighted by atomic mass is 10.1. The molecule has 116 valence electrons. The first-order valence-electron chi connectivity index (χ1n) is 6.55. The summed E-state index contributed by atoms with van der Waals surface area (Å²) in [7, 11) is 0. The molecule has 1 fully saturated rings. The molecule has 5 nitrogen and oxygen atoms in total. The Bertz CT molecular complexity index is 538. The van der Waals surface area contributed by atoms with Crippen molar-refractivity contribution in [2.24, 2.45) is 0 Å². The molecular formula is C13H16F3N3O2. The van der Waals surface area contributed by atoms with Crippen molar-refractivity contribution in [1.29, 1.82) is 0 Å². The zero-order valence-corrected chi connectivity index (χ0v) is 11.6. The van der Waals surface area contributed by atoms with E-state index < -0.39 is 22.4 Å². The molecule has 8 heteroatoms. The molecule has 1 saturated heterocycles. The molecule has 0 unspecified atom stereocenters. The summed E-state index contributed by atoms with van der Waals surface area (Å²) in [6.45, 7) is 4.88. The number of nitro benzene ring substituents is 1. The van der Waals surface area contributed by atoms with Crippen LogP contribution in [0.4, 0.5) is 24.5 Å². The number of hydrogen-bond acceptors (Lipinski definition) is 4. The van der Waals surface area contributed by atoms with Gasteiger partial charge in [-0.2, -0.15) is 13.2 Å². The molecule has 1 aliphatic rings. The summed E-state index contributed by atoms with van der Waals surface area (Å²) in [5.74, 6) is 0. The average Bonchev–Trinajstić information content (AvgIpc) is 2.35. The number of nitro groups is 1. The first-order chi connectivity index (χ1) is 9.68. The van der Waals surface area contributed by atoms with Gasteiger partial charge < -0.3 is 10.2 Å². The second-order valence-electron chi connectivity index (χ2n) is 5.33. The van der Waals surface area contributed by atoms with Gasteiger partial charge in [0.25, 0.3) is 5.69 Å². The molecule has 1 aromatic carbocycles. The molecule has 0 spiro atoms. The number of rotatable bonds is 2. The SMILES string of the molecule is C[C@@H]1CN(c2ccc(C(F)(F)F)cc2[N+](=O)[O-])C[C@H](C)N1. The van der Waals surface area contributed by atoms with Crippen LogP contribution in [0.2, 0.25) is 0 Å². The molecule has 0 saturated carbocycles. The number of hydrogen-bond donors (Lipinski definition) is 1. The molecule has 21 heavy (non-hydrogen) atoms. The predicted octanol–water partition coefficient (Wildman–Crippen LogP) is 2.80. The van der Waals surface area contributed by atoms with Crippen LogP contribution in [0.15, 0.2) is 18.2 Å². The van der Waals surface area contributed by atoms with Crippen molar-refractivity contribution < 1.29 is 18.1 Å². The molecule has 1 aliphatic heterocycles. The zero-order valence-electron chi connectivity index (χ0n) is 11.6. The second-order valence-corrected chi connectivity index (χ2v) is 5.33. The lowest BCUT2D eigenvalue weighted by Crippen LogP contribution is -2.54. The van der Waals surface area contributed by atoms with Gasteiger partial charge in [-0.3, -0.25) is 10.1 Å². The van der Waals surface area contributed by atoms with Crippen molar-refractivity contribution in [1.82, 2.24) is 5.32 Å². The average molecular weight is 303 g/mol. The second kappa shape index (κ2) is 5.51. The fourth-order valence-electron chi connectivity index (χ4n) is 2.64. The van der Waals surface area contributed by atoms with Crippen molar-refractivity contribution in [3.8, 4) is 0 Å². The molecule has 1 heterocycles. The third-order valence-electron chi connectivity index (χ3n) is 3.40. The Kier molecular flexibility index (Phi) is 4.08. The monoisotopic (exact) mass is 303 g/mol. The van der Waals surface area contributed by atoms with Crippen molar-refractivity contribution in [2.45, 2.75) is 32.1 Å². The maximum Gasteiger partial charge on any atom is 0.416 e. The fourth-order valence-corrected chi connectivity index (χ4v) is 2.64. The molecule has 0 radical (unpaired) electrons. The number of halogens is 3. The quantitative estimate of drug-likeness (QED) is 0.674. The summed E-state index contributed by atoms with van der Waals surface area (Å²) < 4.78 is 38.0. The Morgan fingerprint density at radius 1 is 1.29 bits per heavy atom. The number of benzene rings is 1. The Morgan fingerprint density at radius 3 is 2.33 bits per heavy atom. The van der Waals surface area contributed by atoms with Crippen molar-refractivity contribution in [3.05, 3.63) is 33.9 Å². The first kappa shape index (κ1) is 15.6. The van der Waals surface area contributed by atoms with Crippen LogP contribution >= 0.6 is 0 Å². The number of anilines is 1. The van der Waals surface area contributed by atoms with Crippen LogP contribution in [0.1, 0.15) is 19.4 Å². The Morgan fingerprint density at radius 2 is 1.86 bits per heavy atom. The van der Waals surface area contributed by atoms with E-state index in [-0.39, 0.29) is 17.8 Å². The third kappa shape index (κ3) is 3.44. The minimum Gasteiger partial charge on any atom is -0.363 e. The zero-order chi connectivity index (χ0) is 15.8. The smallest absolute Gasteiger partial charge is 0.363 e. The van der Waals surface area contributed by atoms with Crippen LogP contribution in [-0.4, -0.2) is 30.1 Å². The molecule has 0 bridgehead atoms. The lowest BCUT2D eigenvalue weighted by Gasteiger charge is -2.37. The largest absolute Gasteiger partial charge is 0.416 e. The van der Waals surface area contributed by atoms with Crippen molar-refractivity contribution in [3.63, 3.8) is 0 Å². The Balaban J connectivity index is 2.41. The highest BCUT2D eigenvalue weighted by molar-refractivity contribution is 5.65. The summed E-state index contributed by atoms with van der Waals surface area (Å²) in [5.41, 5.74) is -1.28. The summed E-state index contributed by atoms with van der Waals surface area (Å²) in [5, 5.41) is 14.4. The van der Waals surface area contributed by atoms with Crippen LogP contribution in [0.5, 0.6) is 0 Å². The van der Waals surface area contributed by atoms with Gasteiger partial charge >= 0.3 is 6.18 Å². The topological polar surface area (TPSA) is 58.4 Å². The van der Waals surface area contributed by atoms with E-state index in [1.165, 1.54) is 6.07 Å². The standard InChI is InChI=1S/C13H16F3N3O2/c1-8-6-18(7-9(2)17-8)11-4-3-10(13(14,15)16)5-12(11)19(20)21/h3-5,8-9,17H,6-7H2,1-2H3/t8-,9+. The minimum atomic E-state index is -4.59. The molecule has 0 aromatic heterocycles. The highest BCUT2D eigenvalue weighted by Crippen LogP contribution is 2.36. The maximum absolute atomic E-state index is 12.7. The highest BCUT2D eigenvalue weighted by Gasteiger charge is 2.34. The summed E-state index contributed by atoms with van der Waals surface area (Å²) in [6.07, 6.45) is -4.59. The summed E-state index contributed by atoms with van der Waals surface area (Å²) in [6, 6.07) is 2.89. The molecule has 2 atom stereocenters. The fraction of sp³-hybridized carbons (Fsp3) is 0.538. The van der Waals surface area contributed by atoms with Gasteiger partial charge in [-0.1, -0.05) is 0 Å². The van der Waals surface area contributed by atoms with Crippen LogP contribution in [0.3, 0.4) is 0 Å². The summed E-state index contributed by atoms with van der Waals surface area (Å²) >= 11 is 0. The highest BCUT2D eigenvalue weighted by atomic mass is 19.4. The van der Waals surface area contributed by atoms with Crippen molar-refractivity contribution in [2.75, 3.05) is 18.0 Å². The first-order valence-corrected chi connectivity index (χ1v) is 6.55. The molecule has 1 aromatic rings. The van der Waals surface area contributed by atoms with Gasteiger partial charge in [0, 0.05) is 31.2 Å². The lowest BCUT2D eigenvalue weighted by molar-refractivity contribution is -0.384. The van der Waals surface area contributed by atoms with E-state index in [2.05, 4.69) is 5.32 Å². The van der Waals surface area contributed by atoms with Crippen molar-refractivity contribution >= 4 is 11.4 Å². The molecule has 0 amide bonds. The van der Waals surface area contributed by atoms with E-state index in [1.54, 1.807) is 4.90 Å². The van der Waals surface area contributed by atoms with Crippen LogP contribution < -0.4 is 10.2 Å². The number of piperazine rings is 1. The van der Waals surface area contributed by atoms with Gasteiger partial charge in [0.2, 0.25) is 0 Å². The number of nitrogens with one attached hydrogen (secondary N) is 1. The van der Waals surface area contributed by atoms with Gasteiger partial charge in [0.15, 0.2) is 0 Å². The molecular weight excluding hydrogens is 287 g/mol. The Labute approximate surface area is 119 Å². The predicted molar refractivity (Wildman–Crippen MR) is 72.4 cm³/mol. The number of nitrogens with zero attached hydrogens (tertiary/aromatic N) is 2. The molecule has 1 N–H and O–H groups in total. The van der Waals surface area contributed by atoms with Gasteiger partial charge in [0.1, 0.15) is 5.69 Å². The van der Waals surface area contributed by atoms with Gasteiger partial charge in [-0.05, 0) is 26.0 Å². The van der Waals surface area contributed by atoms with E-state index in [4.69, 9.17) is 0 Å². The molecule has 2 rings (SSSR count). The van der Waals surface area contributed by atoms with Gasteiger partial charge in [-0.15, -0.1) is 0 Å². The Hall–Kier alpha value is -1.83.